The summed E-state index contributed by atoms with van der Waals surface area (Å²) in [5, 5.41) is 60.5. The van der Waals surface area contributed by atoms with Crippen LogP contribution < -0.4 is 87.2 Å². The molecule has 14 atom stereocenters. The zero-order valence-electron chi connectivity index (χ0n) is 63.9. The van der Waals surface area contributed by atoms with E-state index < -0.39 is 185 Å². The summed E-state index contributed by atoms with van der Waals surface area (Å²) in [6.45, 7) is 17.0. The minimum absolute atomic E-state index is 0.0276. The van der Waals surface area contributed by atoms with E-state index in [9.17, 15) is 77.6 Å². The number of aliphatic carboxylic acids is 1. The lowest BCUT2D eigenvalue weighted by molar-refractivity contribution is -0.143. The van der Waals surface area contributed by atoms with Gasteiger partial charge in [0.2, 0.25) is 70.9 Å². The quantitative estimate of drug-likeness (QED) is 0.0334. The molecule has 1 heterocycles. The lowest BCUT2D eigenvalue weighted by Crippen LogP contribution is -2.62. The average molecular weight is 1510 g/mol. The number of aliphatic hydroxyl groups excluding tert-OH is 1. The fourth-order valence-corrected chi connectivity index (χ4v) is 12.1. The normalized spacial score (nSPS) is 16.5. The summed E-state index contributed by atoms with van der Waals surface area (Å²) in [6, 6.07) is -2.56. The molecule has 33 heteroatoms. The lowest BCUT2D eigenvalue weighted by Gasteiger charge is -2.31. The molecule has 1 aliphatic rings. The van der Waals surface area contributed by atoms with Crippen molar-refractivity contribution in [1.82, 2.24) is 63.4 Å². The van der Waals surface area contributed by atoms with Crippen LogP contribution in [0.5, 0.6) is 5.75 Å². The van der Waals surface area contributed by atoms with Crippen LogP contribution in [-0.4, -0.2) is 214 Å². The first kappa shape index (κ1) is 92.3. The molecular formula is C74H123N17O16. The van der Waals surface area contributed by atoms with Gasteiger partial charge in [-0.2, -0.15) is 0 Å². The van der Waals surface area contributed by atoms with Gasteiger partial charge in [-0.25, -0.2) is 4.79 Å². The van der Waals surface area contributed by atoms with Crippen LogP contribution in [0.25, 0.3) is 0 Å². The van der Waals surface area contributed by atoms with E-state index in [0.29, 0.717) is 95.0 Å². The van der Waals surface area contributed by atoms with E-state index in [1.807, 2.05) is 0 Å². The first-order valence-corrected chi connectivity index (χ1v) is 37.5. The number of aromatic hydroxyl groups is 1. The number of nitrogens with zero attached hydrogens (tertiary/aromatic N) is 1. The third-order valence-corrected chi connectivity index (χ3v) is 18.6. The average Bonchev–Trinajstić information content (AvgIpc) is 1.77. The van der Waals surface area contributed by atoms with Crippen molar-refractivity contribution in [3.8, 4) is 5.75 Å². The maximum absolute atomic E-state index is 14.5. The topological polar surface area (TPSA) is 548 Å². The molecule has 600 valence electrons. The maximum atomic E-state index is 14.5. The van der Waals surface area contributed by atoms with Crippen LogP contribution in [-0.2, 0) is 75.2 Å². The highest BCUT2D eigenvalue weighted by atomic mass is 16.4. The van der Waals surface area contributed by atoms with Gasteiger partial charge in [-0.3, -0.25) is 57.5 Å². The molecule has 2 aromatic carbocycles. The molecule has 24 N–H and O–H groups in total. The van der Waals surface area contributed by atoms with Gasteiger partial charge in [-0.1, -0.05) is 104 Å². The molecule has 0 spiro atoms. The second-order valence-electron chi connectivity index (χ2n) is 29.0. The van der Waals surface area contributed by atoms with Crippen molar-refractivity contribution in [2.75, 3.05) is 32.7 Å². The van der Waals surface area contributed by atoms with Crippen molar-refractivity contribution in [1.29, 1.82) is 0 Å². The third-order valence-electron chi connectivity index (χ3n) is 18.6. The number of nitrogens with two attached hydrogens (primary N) is 5. The summed E-state index contributed by atoms with van der Waals surface area (Å²) in [5.41, 5.74) is 30.2. The van der Waals surface area contributed by atoms with Gasteiger partial charge in [0.25, 0.3) is 0 Å². The molecule has 1 saturated heterocycles. The Bertz CT molecular complexity index is 3200. The summed E-state index contributed by atoms with van der Waals surface area (Å²) in [7, 11) is 0. The molecule has 33 nitrogen and oxygen atoms in total. The molecular weight excluding hydrogens is 1380 g/mol. The van der Waals surface area contributed by atoms with E-state index in [2.05, 4.69) is 58.5 Å². The third kappa shape index (κ3) is 31.5. The summed E-state index contributed by atoms with van der Waals surface area (Å²) in [4.78, 5) is 184. The van der Waals surface area contributed by atoms with Crippen molar-refractivity contribution < 1.29 is 77.6 Å². The van der Waals surface area contributed by atoms with E-state index in [-0.39, 0.29) is 57.4 Å². The number of likely N-dealkylation sites (tertiary alicyclic amines) is 1. The number of rotatable bonds is 49. The number of nitrogens with one attached hydrogen (secondary N) is 11. The zero-order valence-corrected chi connectivity index (χ0v) is 63.9. The van der Waals surface area contributed by atoms with Gasteiger partial charge >= 0.3 is 5.97 Å². The van der Waals surface area contributed by atoms with Gasteiger partial charge in [0.1, 0.15) is 78.3 Å². The first-order chi connectivity index (χ1) is 50.6. The number of aliphatic hydroxyl groups is 1. The SMILES string of the molecule is CC(C)[C@H](NC(=O)[C@H](Cc1ccccc1)NC(=O)[C@@H](NC(=O)[C@H](Cc1ccc(O)cc1)NC(=O)[C@@H](NC(=O)[C@@H]1CCCN1C(=O)[C@H](C)NC(=O)[C@@H](NC(=O)[C@@H](NC(=O)[C@H](CCCCN)NC(=O)[C@H](CCCCN)NC(=O)[C@H](CCCCN)NC(=O)[C@@H](N)CCCCN)C(C)C)C(C)C)[C@@H](C)O)C(C)C)C(=O)O. The molecule has 1 fully saturated rings. The van der Waals surface area contributed by atoms with Crippen LogP contribution in [0.2, 0.25) is 0 Å². The van der Waals surface area contributed by atoms with E-state index in [1.54, 1.807) is 85.7 Å². The van der Waals surface area contributed by atoms with Crippen molar-refractivity contribution in [2.45, 2.75) is 257 Å². The number of carbonyl (C=O) groups excluding carboxylic acids is 12. The zero-order chi connectivity index (χ0) is 80.2. The van der Waals surface area contributed by atoms with Crippen molar-refractivity contribution in [3.05, 3.63) is 65.7 Å². The van der Waals surface area contributed by atoms with E-state index in [1.165, 1.54) is 43.0 Å². The monoisotopic (exact) mass is 1510 g/mol. The highest BCUT2D eigenvalue weighted by Gasteiger charge is 2.42. The molecule has 0 unspecified atom stereocenters. The van der Waals surface area contributed by atoms with E-state index in [0.717, 1.165) is 0 Å². The van der Waals surface area contributed by atoms with Crippen molar-refractivity contribution in [2.24, 2.45) is 52.3 Å². The van der Waals surface area contributed by atoms with Crippen LogP contribution in [0.15, 0.2) is 54.6 Å². The molecule has 0 aliphatic carbocycles. The Morgan fingerprint density at radius 2 is 0.757 bits per heavy atom. The van der Waals surface area contributed by atoms with E-state index in [4.69, 9.17) is 28.7 Å². The molecule has 0 bridgehead atoms. The fourth-order valence-electron chi connectivity index (χ4n) is 12.1. The molecule has 1 aliphatic heterocycles. The predicted molar refractivity (Wildman–Crippen MR) is 402 cm³/mol. The summed E-state index contributed by atoms with van der Waals surface area (Å²) in [6.07, 6.45) is 3.18. The molecule has 2 aromatic rings. The number of carbonyl (C=O) groups is 13. The minimum atomic E-state index is -1.76. The Balaban J connectivity index is 1.83. The van der Waals surface area contributed by atoms with Gasteiger partial charge in [-0.15, -0.1) is 0 Å². The Morgan fingerprint density at radius 1 is 0.411 bits per heavy atom. The Kier molecular flexibility index (Phi) is 41.2. The second-order valence-corrected chi connectivity index (χ2v) is 29.0. The summed E-state index contributed by atoms with van der Waals surface area (Å²) in [5.74, 6) is -13.2. The lowest BCUT2D eigenvalue weighted by atomic mass is 9.98. The highest BCUT2D eigenvalue weighted by Crippen LogP contribution is 2.21. The van der Waals surface area contributed by atoms with Crippen molar-refractivity contribution in [3.63, 3.8) is 0 Å². The minimum Gasteiger partial charge on any atom is -0.508 e. The molecule has 12 amide bonds. The molecule has 3 rings (SSSR count). The standard InChI is InChI=1S/C74H123N17O16/c1-41(2)57(88-71(103)59(43(5)6)86-65(97)53(28-17-21-37-78)83-64(96)52(27-16-20-36-77)82-63(95)51(26-15-19-35-76)81-62(94)50(79)25-14-18-34-75)69(101)80-45(9)73(105)91-38-22-29-56(91)68(100)90-61(46(10)92)72(104)85-55(40-48-30-32-49(93)33-31-48)66(98)87-58(42(3)4)70(102)84-54(39-47-23-12-11-13-24-47)67(99)89-60(44(7)8)74(106)107/h11-13,23-24,30-33,41-46,50-61,92-93H,14-22,25-29,34-40,75-79H2,1-10H3,(H,80,101)(H,81,94)(H,82,95)(H,83,96)(H,84,102)(H,85,104)(H,86,97)(H,87,98)(H,88,103)(H,89,99)(H,90,100)(H,106,107)/t45-,46+,50-,51-,52-,53-,54-,55-,56-,57-,58-,59-,60-,61-/m0/s1. The number of phenols is 1. The summed E-state index contributed by atoms with van der Waals surface area (Å²) >= 11 is 0. The molecule has 0 saturated carbocycles. The Hall–Kier alpha value is -8.89. The predicted octanol–water partition coefficient (Wildman–Crippen LogP) is -1.55. The van der Waals surface area contributed by atoms with Crippen LogP contribution in [0.4, 0.5) is 0 Å². The smallest absolute Gasteiger partial charge is 0.326 e. The van der Waals surface area contributed by atoms with Crippen LogP contribution in [0, 0.1) is 23.7 Å². The van der Waals surface area contributed by atoms with Crippen molar-refractivity contribution >= 4 is 76.9 Å². The van der Waals surface area contributed by atoms with Crippen LogP contribution in [0.3, 0.4) is 0 Å². The van der Waals surface area contributed by atoms with E-state index >= 15 is 0 Å². The number of amides is 12. The number of unbranched alkanes of at least 4 members (excludes halogenated alkanes) is 4. The van der Waals surface area contributed by atoms with Crippen LogP contribution >= 0.6 is 0 Å². The molecule has 0 radical (unpaired) electrons. The van der Waals surface area contributed by atoms with Crippen LogP contribution in [0.1, 0.15) is 170 Å². The Morgan fingerprint density at radius 3 is 1.17 bits per heavy atom. The first-order valence-electron chi connectivity index (χ1n) is 37.5. The summed E-state index contributed by atoms with van der Waals surface area (Å²) < 4.78 is 0. The number of phenolic OH excluding ortho intramolecular Hbond substituents is 1. The molecule has 107 heavy (non-hydrogen) atoms. The van der Waals surface area contributed by atoms with Gasteiger partial charge in [0.05, 0.1) is 12.1 Å². The highest BCUT2D eigenvalue weighted by molar-refractivity contribution is 6.00. The maximum Gasteiger partial charge on any atom is 0.326 e. The van der Waals surface area contributed by atoms with Gasteiger partial charge in [-0.05, 0) is 170 Å². The largest absolute Gasteiger partial charge is 0.508 e. The van der Waals surface area contributed by atoms with Gasteiger partial charge in [0, 0.05) is 19.4 Å². The molecule has 0 aromatic heterocycles. The van der Waals surface area contributed by atoms with Gasteiger partial charge in [0.15, 0.2) is 0 Å². The van der Waals surface area contributed by atoms with Gasteiger partial charge < -0.3 is 107 Å². The number of carboxylic acids is 1. The Labute approximate surface area is 628 Å². The fraction of sp³-hybridized carbons (Fsp3) is 0.662. The number of benzene rings is 2. The number of hydrogen-bond donors (Lipinski definition) is 19. The second kappa shape index (κ2) is 47.7. The number of carboxylic acid groups (broad SMARTS) is 1. The number of hydrogen-bond acceptors (Lipinski definition) is 20.